The molecule has 0 aromatic carbocycles. The molecule has 1 amide bonds. The highest BCUT2D eigenvalue weighted by Gasteiger charge is 2.29. The van der Waals surface area contributed by atoms with Crippen LogP contribution in [0.1, 0.15) is 30.4 Å². The lowest BCUT2D eigenvalue weighted by atomic mass is 10.4. The van der Waals surface area contributed by atoms with Gasteiger partial charge in [0.2, 0.25) is 17.6 Å². The van der Waals surface area contributed by atoms with Crippen molar-refractivity contribution in [3.05, 3.63) is 5.82 Å². The number of methoxy groups -OCH3 is 2. The van der Waals surface area contributed by atoms with Gasteiger partial charge in [-0.2, -0.15) is 9.97 Å². The molecule has 0 aliphatic rings. The van der Waals surface area contributed by atoms with Crippen LogP contribution in [0.4, 0.5) is 0 Å². The molecule has 112 valence electrons. The summed E-state index contributed by atoms with van der Waals surface area (Å²) in [6, 6.07) is 0. The predicted molar refractivity (Wildman–Crippen MR) is 70.6 cm³/mol. The predicted octanol–water partition coefficient (Wildman–Crippen LogP) is 0.167. The Morgan fingerprint density at radius 1 is 1.20 bits per heavy atom. The summed E-state index contributed by atoms with van der Waals surface area (Å²) < 4.78 is 34.4. The maximum absolute atomic E-state index is 12.3. The van der Waals surface area contributed by atoms with E-state index in [1.54, 1.807) is 0 Å². The number of amides is 1. The largest absolute Gasteiger partial charge is 0.480 e. The second-order valence-corrected chi connectivity index (χ2v) is 5.98. The molecule has 1 aromatic rings. The molecule has 1 aromatic heterocycles. The van der Waals surface area contributed by atoms with Crippen LogP contribution in [0.15, 0.2) is 4.90 Å². The van der Waals surface area contributed by atoms with Crippen LogP contribution in [0.2, 0.25) is 0 Å². The molecule has 0 spiro atoms. The van der Waals surface area contributed by atoms with Crippen molar-refractivity contribution in [3.63, 3.8) is 0 Å². The number of hydrogen-bond donors (Lipinski definition) is 1. The van der Waals surface area contributed by atoms with E-state index in [1.807, 2.05) is 6.92 Å². The zero-order valence-corrected chi connectivity index (χ0v) is 12.4. The smallest absolute Gasteiger partial charge is 0.286 e. The number of rotatable bonds is 7. The molecule has 0 aliphatic heterocycles. The molecule has 0 saturated heterocycles. The van der Waals surface area contributed by atoms with Crippen LogP contribution < -0.4 is 15.2 Å². The van der Waals surface area contributed by atoms with Crippen molar-refractivity contribution in [2.45, 2.75) is 24.7 Å². The normalized spacial score (nSPS) is 11.2. The van der Waals surface area contributed by atoms with E-state index in [-0.39, 0.29) is 28.2 Å². The number of sulfone groups is 1. The van der Waals surface area contributed by atoms with Crippen molar-refractivity contribution in [2.75, 3.05) is 20.0 Å². The summed E-state index contributed by atoms with van der Waals surface area (Å²) in [5.41, 5.74) is 5.08. The standard InChI is InChI=1S/C11H17N3O5S/c1-4-5-6-20(16,17)7-10(18-2)13-9(8(12)15)14-11(7)19-3/h4-6H2,1-3H3,(H2,12,15). The first-order chi connectivity index (χ1) is 9.37. The zero-order chi connectivity index (χ0) is 15.3. The fraction of sp³-hybridized carbons (Fsp3) is 0.545. The molecule has 9 heteroatoms. The van der Waals surface area contributed by atoms with Crippen molar-refractivity contribution in [1.29, 1.82) is 0 Å². The maximum atomic E-state index is 12.3. The zero-order valence-electron chi connectivity index (χ0n) is 11.5. The Bertz CT molecular complexity index is 575. The topological polar surface area (TPSA) is 121 Å². The highest BCUT2D eigenvalue weighted by atomic mass is 32.2. The highest BCUT2D eigenvalue weighted by Crippen LogP contribution is 2.31. The minimum Gasteiger partial charge on any atom is -0.480 e. The van der Waals surface area contributed by atoms with Gasteiger partial charge in [0.1, 0.15) is 0 Å². The first-order valence-corrected chi connectivity index (χ1v) is 7.55. The van der Waals surface area contributed by atoms with Gasteiger partial charge in [0.05, 0.1) is 20.0 Å². The third-order valence-corrected chi connectivity index (χ3v) is 4.29. The van der Waals surface area contributed by atoms with Crippen LogP contribution in [-0.4, -0.2) is 44.3 Å². The van der Waals surface area contributed by atoms with Gasteiger partial charge in [0.25, 0.3) is 5.91 Å². The van der Waals surface area contributed by atoms with Gasteiger partial charge in [-0.05, 0) is 6.42 Å². The van der Waals surface area contributed by atoms with E-state index < -0.39 is 15.7 Å². The molecular formula is C11H17N3O5S. The van der Waals surface area contributed by atoms with Gasteiger partial charge in [-0.15, -0.1) is 0 Å². The summed E-state index contributed by atoms with van der Waals surface area (Å²) in [6.07, 6.45) is 1.19. The monoisotopic (exact) mass is 303 g/mol. The molecule has 0 unspecified atom stereocenters. The van der Waals surface area contributed by atoms with Crippen LogP contribution in [-0.2, 0) is 9.84 Å². The molecule has 0 saturated carbocycles. The Hall–Kier alpha value is -1.90. The minimum absolute atomic E-state index is 0.0878. The molecule has 1 rings (SSSR count). The third-order valence-electron chi connectivity index (χ3n) is 2.49. The highest BCUT2D eigenvalue weighted by molar-refractivity contribution is 7.91. The van der Waals surface area contributed by atoms with Crippen molar-refractivity contribution in [2.24, 2.45) is 5.73 Å². The van der Waals surface area contributed by atoms with Crippen molar-refractivity contribution in [1.82, 2.24) is 9.97 Å². The maximum Gasteiger partial charge on any atom is 0.286 e. The van der Waals surface area contributed by atoms with Crippen LogP contribution in [0.5, 0.6) is 11.8 Å². The molecular weight excluding hydrogens is 286 g/mol. The lowest BCUT2D eigenvalue weighted by Crippen LogP contribution is -2.19. The van der Waals surface area contributed by atoms with Crippen LogP contribution in [0.3, 0.4) is 0 Å². The number of nitrogens with two attached hydrogens (primary N) is 1. The number of primary amides is 1. The molecule has 2 N–H and O–H groups in total. The summed E-state index contributed by atoms with van der Waals surface area (Å²) in [5.74, 6) is -1.86. The number of carbonyl (C=O) groups excluding carboxylic acids is 1. The number of hydrogen-bond acceptors (Lipinski definition) is 7. The summed E-state index contributed by atoms with van der Waals surface area (Å²) in [7, 11) is -1.19. The van der Waals surface area contributed by atoms with Crippen LogP contribution >= 0.6 is 0 Å². The van der Waals surface area contributed by atoms with Gasteiger partial charge in [-0.1, -0.05) is 13.3 Å². The molecule has 8 nitrogen and oxygen atoms in total. The molecule has 0 aliphatic carbocycles. The summed E-state index contributed by atoms with van der Waals surface area (Å²) in [6.45, 7) is 1.87. The van der Waals surface area contributed by atoms with Gasteiger partial charge in [-0.3, -0.25) is 4.79 Å². The number of aromatic nitrogens is 2. The number of carbonyl (C=O) groups is 1. The van der Waals surface area contributed by atoms with Crippen molar-refractivity contribution >= 4 is 15.7 Å². The number of unbranched alkanes of at least 4 members (excludes halogenated alkanes) is 1. The lowest BCUT2D eigenvalue weighted by Gasteiger charge is -2.12. The fourth-order valence-corrected chi connectivity index (χ4v) is 3.16. The second-order valence-electron chi connectivity index (χ2n) is 3.93. The van der Waals surface area contributed by atoms with E-state index in [1.165, 1.54) is 14.2 Å². The fourth-order valence-electron chi connectivity index (χ4n) is 1.50. The quantitative estimate of drug-likeness (QED) is 0.761. The van der Waals surface area contributed by atoms with Crippen LogP contribution in [0, 0.1) is 0 Å². The minimum atomic E-state index is -3.68. The van der Waals surface area contributed by atoms with E-state index in [0.717, 1.165) is 0 Å². The summed E-state index contributed by atoms with van der Waals surface area (Å²) in [5, 5.41) is 0. The molecule has 20 heavy (non-hydrogen) atoms. The SMILES string of the molecule is CCCCS(=O)(=O)c1c(OC)nc(C(N)=O)nc1OC. The summed E-state index contributed by atoms with van der Waals surface area (Å²) >= 11 is 0. The van der Waals surface area contributed by atoms with Crippen molar-refractivity contribution in [3.8, 4) is 11.8 Å². The molecule has 0 radical (unpaired) electrons. The second kappa shape index (κ2) is 6.51. The molecule has 1 heterocycles. The third kappa shape index (κ3) is 3.35. The lowest BCUT2D eigenvalue weighted by molar-refractivity contribution is 0.0987. The first-order valence-electron chi connectivity index (χ1n) is 5.90. The van der Waals surface area contributed by atoms with E-state index in [4.69, 9.17) is 15.2 Å². The van der Waals surface area contributed by atoms with Gasteiger partial charge < -0.3 is 15.2 Å². The Morgan fingerprint density at radius 2 is 1.70 bits per heavy atom. The average molecular weight is 303 g/mol. The van der Waals surface area contributed by atoms with E-state index in [2.05, 4.69) is 9.97 Å². The van der Waals surface area contributed by atoms with Crippen molar-refractivity contribution < 1.29 is 22.7 Å². The Kier molecular flexibility index (Phi) is 5.26. The van der Waals surface area contributed by atoms with E-state index >= 15 is 0 Å². The number of nitrogens with zero attached hydrogens (tertiary/aromatic N) is 2. The van der Waals surface area contributed by atoms with Gasteiger partial charge in [-0.25, -0.2) is 8.42 Å². The van der Waals surface area contributed by atoms with E-state index in [9.17, 15) is 13.2 Å². The Balaban J connectivity index is 3.48. The van der Waals surface area contributed by atoms with Gasteiger partial charge in [0.15, 0.2) is 14.7 Å². The van der Waals surface area contributed by atoms with Gasteiger partial charge in [0, 0.05) is 0 Å². The summed E-state index contributed by atoms with van der Waals surface area (Å²) in [4.78, 5) is 18.3. The first kappa shape index (κ1) is 16.2. The van der Waals surface area contributed by atoms with E-state index in [0.29, 0.717) is 12.8 Å². The Labute approximate surface area is 117 Å². The Morgan fingerprint density at radius 3 is 2.05 bits per heavy atom. The molecule has 0 fully saturated rings. The average Bonchev–Trinajstić information content (AvgIpc) is 2.43. The molecule has 0 bridgehead atoms. The molecule has 0 atom stereocenters. The number of ether oxygens (including phenoxy) is 2. The van der Waals surface area contributed by atoms with Crippen LogP contribution in [0.25, 0.3) is 0 Å². The van der Waals surface area contributed by atoms with Gasteiger partial charge >= 0.3 is 0 Å².